The average Bonchev–Trinajstić information content (AvgIpc) is 2.38. The summed E-state index contributed by atoms with van der Waals surface area (Å²) in [6, 6.07) is 0. The van der Waals surface area contributed by atoms with E-state index in [0.29, 0.717) is 5.82 Å². The van der Waals surface area contributed by atoms with Crippen LogP contribution >= 0.6 is 0 Å². The van der Waals surface area contributed by atoms with Gasteiger partial charge >= 0.3 is 0 Å². The lowest BCUT2D eigenvalue weighted by Gasteiger charge is -1.83. The molecule has 0 aliphatic heterocycles. The highest BCUT2D eigenvalue weighted by Crippen LogP contribution is 1.91. The van der Waals surface area contributed by atoms with Crippen LogP contribution in [-0.2, 0) is 0 Å². The number of ketones is 1. The van der Waals surface area contributed by atoms with E-state index >= 15 is 0 Å². The van der Waals surface area contributed by atoms with Crippen molar-refractivity contribution in [2.75, 3.05) is 0 Å². The number of allylic oxidation sites excluding steroid dienone is 2. The van der Waals surface area contributed by atoms with Crippen molar-refractivity contribution in [2.24, 2.45) is 0 Å². The van der Waals surface area contributed by atoms with Gasteiger partial charge < -0.3 is 4.98 Å². The van der Waals surface area contributed by atoms with Gasteiger partial charge in [0, 0.05) is 12.4 Å². The number of aromatic amines is 1. The summed E-state index contributed by atoms with van der Waals surface area (Å²) in [4.78, 5) is 17.4. The number of hydrogen-bond acceptors (Lipinski definition) is 2. The van der Waals surface area contributed by atoms with Crippen molar-refractivity contribution in [2.45, 2.75) is 6.92 Å². The summed E-state index contributed by atoms with van der Waals surface area (Å²) in [6.07, 6.45) is 6.33. The lowest BCUT2D eigenvalue weighted by molar-refractivity contribution is 0.103. The van der Waals surface area contributed by atoms with Crippen LogP contribution in [0.5, 0.6) is 0 Å². The number of carbonyl (C=O) groups is 1. The summed E-state index contributed by atoms with van der Waals surface area (Å²) in [5, 5.41) is 0. The number of H-pyrrole nitrogens is 1. The van der Waals surface area contributed by atoms with E-state index in [1.54, 1.807) is 25.4 Å². The number of rotatable bonds is 2. The zero-order valence-corrected chi connectivity index (χ0v) is 5.66. The van der Waals surface area contributed by atoms with Gasteiger partial charge in [0.1, 0.15) is 0 Å². The van der Waals surface area contributed by atoms with Crippen molar-refractivity contribution in [1.82, 2.24) is 9.97 Å². The maximum Gasteiger partial charge on any atom is 0.220 e. The third-order valence-corrected chi connectivity index (χ3v) is 1.05. The molecule has 0 atom stereocenters. The number of hydrogen-bond donors (Lipinski definition) is 1. The second-order valence-corrected chi connectivity index (χ2v) is 1.80. The van der Waals surface area contributed by atoms with Gasteiger partial charge in [-0.15, -0.1) is 0 Å². The Balaban J connectivity index is 2.78. The number of aromatic nitrogens is 2. The first-order valence-electron chi connectivity index (χ1n) is 3.01. The van der Waals surface area contributed by atoms with Crippen molar-refractivity contribution in [3.63, 3.8) is 0 Å². The Morgan fingerprint density at radius 3 is 3.10 bits per heavy atom. The minimum absolute atomic E-state index is 0.0903. The molecule has 0 aliphatic rings. The number of nitrogens with one attached hydrogen (secondary N) is 1. The highest BCUT2D eigenvalue weighted by Gasteiger charge is 2.00. The van der Waals surface area contributed by atoms with E-state index < -0.39 is 0 Å². The smallest absolute Gasteiger partial charge is 0.220 e. The summed E-state index contributed by atoms with van der Waals surface area (Å²) in [5.41, 5.74) is 0. The normalized spacial score (nSPS) is 10.5. The van der Waals surface area contributed by atoms with Crippen LogP contribution in [0.25, 0.3) is 0 Å². The van der Waals surface area contributed by atoms with Gasteiger partial charge in [0.2, 0.25) is 5.78 Å². The van der Waals surface area contributed by atoms with Gasteiger partial charge in [-0.3, -0.25) is 4.79 Å². The van der Waals surface area contributed by atoms with Crippen molar-refractivity contribution >= 4 is 5.78 Å². The van der Waals surface area contributed by atoms with Gasteiger partial charge in [-0.05, 0) is 13.0 Å². The molecule has 1 rings (SSSR count). The molecule has 0 aliphatic carbocycles. The zero-order chi connectivity index (χ0) is 7.40. The quantitative estimate of drug-likeness (QED) is 0.490. The third kappa shape index (κ3) is 1.31. The number of imidazole rings is 1. The van der Waals surface area contributed by atoms with E-state index in [0.717, 1.165) is 0 Å². The predicted octanol–water partition coefficient (Wildman–Crippen LogP) is 1.17. The van der Waals surface area contributed by atoms with Crippen LogP contribution in [0.1, 0.15) is 17.5 Å². The Hall–Kier alpha value is -1.38. The topological polar surface area (TPSA) is 45.8 Å². The van der Waals surface area contributed by atoms with Gasteiger partial charge in [0.25, 0.3) is 0 Å². The van der Waals surface area contributed by atoms with Crippen LogP contribution in [0.3, 0.4) is 0 Å². The largest absolute Gasteiger partial charge is 0.342 e. The van der Waals surface area contributed by atoms with Crippen molar-refractivity contribution in [1.29, 1.82) is 0 Å². The molecule has 1 heterocycles. The first-order chi connectivity index (χ1) is 4.84. The van der Waals surface area contributed by atoms with Crippen LogP contribution in [0, 0.1) is 0 Å². The molecule has 0 spiro atoms. The number of carbonyl (C=O) groups excluding carboxylic acids is 1. The van der Waals surface area contributed by atoms with E-state index in [1.807, 2.05) is 0 Å². The first-order valence-corrected chi connectivity index (χ1v) is 3.01. The van der Waals surface area contributed by atoms with Gasteiger partial charge in [0.05, 0.1) is 0 Å². The Labute approximate surface area is 58.8 Å². The fourth-order valence-electron chi connectivity index (χ4n) is 0.630. The highest BCUT2D eigenvalue weighted by molar-refractivity contribution is 6.01. The Bertz CT molecular complexity index is 236. The molecule has 3 heteroatoms. The first kappa shape index (κ1) is 6.74. The molecule has 52 valence electrons. The monoisotopic (exact) mass is 136 g/mol. The van der Waals surface area contributed by atoms with Crippen LogP contribution in [0.2, 0.25) is 0 Å². The van der Waals surface area contributed by atoms with Gasteiger partial charge in [-0.2, -0.15) is 0 Å². The van der Waals surface area contributed by atoms with Crippen molar-refractivity contribution < 1.29 is 4.79 Å². The summed E-state index contributed by atoms with van der Waals surface area (Å²) in [5.74, 6) is 0.297. The van der Waals surface area contributed by atoms with Crippen LogP contribution in [0.4, 0.5) is 0 Å². The fraction of sp³-hybridized carbons (Fsp3) is 0.143. The molecular weight excluding hydrogens is 128 g/mol. The molecule has 0 bridgehead atoms. The molecule has 1 aromatic rings. The summed E-state index contributed by atoms with van der Waals surface area (Å²) >= 11 is 0. The second kappa shape index (κ2) is 2.96. The maximum absolute atomic E-state index is 10.9. The summed E-state index contributed by atoms with van der Waals surface area (Å²) in [7, 11) is 0. The van der Waals surface area contributed by atoms with Gasteiger partial charge in [-0.1, -0.05) is 6.08 Å². The predicted molar refractivity (Wildman–Crippen MR) is 37.7 cm³/mol. The SMILES string of the molecule is CC=CC(=O)c1ncc[nH]1. The van der Waals surface area contributed by atoms with Gasteiger partial charge in [0.15, 0.2) is 5.82 Å². The lowest BCUT2D eigenvalue weighted by Crippen LogP contribution is -1.95. The molecule has 0 unspecified atom stereocenters. The Kier molecular flexibility index (Phi) is 1.99. The molecule has 1 aromatic heterocycles. The van der Waals surface area contributed by atoms with Crippen LogP contribution in [0.15, 0.2) is 24.5 Å². The molecule has 0 radical (unpaired) electrons. The second-order valence-electron chi connectivity index (χ2n) is 1.80. The van der Waals surface area contributed by atoms with Crippen LogP contribution < -0.4 is 0 Å². The molecule has 0 fully saturated rings. The average molecular weight is 136 g/mol. The lowest BCUT2D eigenvalue weighted by atomic mass is 10.3. The molecule has 0 amide bonds. The minimum Gasteiger partial charge on any atom is -0.342 e. The Morgan fingerprint density at radius 2 is 2.60 bits per heavy atom. The van der Waals surface area contributed by atoms with Crippen molar-refractivity contribution in [3.8, 4) is 0 Å². The standard InChI is InChI=1S/C7H8N2O/c1-2-3-6(10)7-8-4-5-9-7/h2-5H,1H3,(H,8,9). The molecule has 0 saturated carbocycles. The van der Waals surface area contributed by atoms with E-state index in [9.17, 15) is 4.79 Å². The summed E-state index contributed by atoms with van der Waals surface area (Å²) < 4.78 is 0. The third-order valence-electron chi connectivity index (χ3n) is 1.05. The Morgan fingerprint density at radius 1 is 1.80 bits per heavy atom. The molecule has 0 saturated heterocycles. The molecular formula is C7H8N2O. The van der Waals surface area contributed by atoms with Crippen LogP contribution in [-0.4, -0.2) is 15.8 Å². The maximum atomic E-state index is 10.9. The molecule has 10 heavy (non-hydrogen) atoms. The molecule has 1 N–H and O–H groups in total. The van der Waals surface area contributed by atoms with E-state index in [1.165, 1.54) is 6.08 Å². The highest BCUT2D eigenvalue weighted by atomic mass is 16.1. The summed E-state index contributed by atoms with van der Waals surface area (Å²) in [6.45, 7) is 1.79. The van der Waals surface area contributed by atoms with Gasteiger partial charge in [-0.25, -0.2) is 4.98 Å². The molecule has 3 nitrogen and oxygen atoms in total. The van der Waals surface area contributed by atoms with E-state index in [4.69, 9.17) is 0 Å². The van der Waals surface area contributed by atoms with E-state index in [-0.39, 0.29) is 5.78 Å². The zero-order valence-electron chi connectivity index (χ0n) is 5.66. The number of nitrogens with zero attached hydrogens (tertiary/aromatic N) is 1. The minimum atomic E-state index is -0.0903. The van der Waals surface area contributed by atoms with E-state index in [2.05, 4.69) is 9.97 Å². The molecule has 0 aromatic carbocycles. The van der Waals surface area contributed by atoms with Crippen molar-refractivity contribution in [3.05, 3.63) is 30.4 Å². The fourth-order valence-corrected chi connectivity index (χ4v) is 0.630.